The number of hydrogen-bond acceptors (Lipinski definition) is 2. The van der Waals surface area contributed by atoms with Crippen LogP contribution in [0, 0.1) is 0 Å². The largest absolute Gasteiger partial charge is 0.497 e. The first-order valence-corrected chi connectivity index (χ1v) is 5.17. The summed E-state index contributed by atoms with van der Waals surface area (Å²) in [5, 5.41) is 1.17. The Hall–Kier alpha value is -1.48. The number of nitrogens with two attached hydrogens (primary N) is 1. The lowest BCUT2D eigenvalue weighted by Crippen LogP contribution is -2.18. The lowest BCUT2D eigenvalue weighted by molar-refractivity contribution is 0.415. The van der Waals surface area contributed by atoms with Gasteiger partial charge < -0.3 is 15.5 Å². The third kappa shape index (κ3) is 1.31. The number of H-pyrrole nitrogens is 1. The summed E-state index contributed by atoms with van der Waals surface area (Å²) in [6, 6.07) is 8.15. The average Bonchev–Trinajstić information content (AvgIpc) is 2.85. The molecule has 0 spiro atoms. The van der Waals surface area contributed by atoms with Gasteiger partial charge in [0.15, 0.2) is 0 Å². The molecule has 3 nitrogen and oxygen atoms in total. The van der Waals surface area contributed by atoms with Gasteiger partial charge in [-0.3, -0.25) is 0 Å². The number of benzene rings is 1. The molecule has 1 aromatic carbocycles. The highest BCUT2D eigenvalue weighted by atomic mass is 16.5. The van der Waals surface area contributed by atoms with E-state index >= 15 is 0 Å². The predicted molar refractivity (Wildman–Crippen MR) is 60.0 cm³/mol. The molecule has 78 valence electrons. The number of ether oxygens (including phenoxy) is 1. The molecule has 1 aliphatic carbocycles. The molecule has 0 aliphatic heterocycles. The summed E-state index contributed by atoms with van der Waals surface area (Å²) in [7, 11) is 1.68. The molecule has 2 aromatic rings. The number of methoxy groups -OCH3 is 1. The smallest absolute Gasteiger partial charge is 0.119 e. The van der Waals surface area contributed by atoms with Gasteiger partial charge in [-0.2, -0.15) is 0 Å². The fourth-order valence-corrected chi connectivity index (χ4v) is 1.91. The lowest BCUT2D eigenvalue weighted by Gasteiger charge is -2.03. The van der Waals surface area contributed by atoms with E-state index in [0.29, 0.717) is 0 Å². The Balaban J connectivity index is 2.13. The molecule has 3 rings (SSSR count). The fourth-order valence-electron chi connectivity index (χ4n) is 1.91. The fraction of sp³-hybridized carbons (Fsp3) is 0.333. The number of hydrogen-bond donors (Lipinski definition) is 2. The van der Waals surface area contributed by atoms with Gasteiger partial charge in [0, 0.05) is 16.6 Å². The highest BCUT2D eigenvalue weighted by Gasteiger charge is 2.41. The summed E-state index contributed by atoms with van der Waals surface area (Å²) in [6.07, 6.45) is 2.16. The van der Waals surface area contributed by atoms with Crippen molar-refractivity contribution in [2.24, 2.45) is 5.73 Å². The number of aromatic nitrogens is 1. The van der Waals surface area contributed by atoms with Crippen molar-refractivity contribution in [1.82, 2.24) is 4.98 Å². The molecule has 1 aliphatic rings. The molecular weight excluding hydrogens is 188 g/mol. The van der Waals surface area contributed by atoms with Crippen molar-refractivity contribution < 1.29 is 4.74 Å². The molecule has 0 radical (unpaired) electrons. The van der Waals surface area contributed by atoms with Gasteiger partial charge in [0.25, 0.3) is 0 Å². The molecule has 15 heavy (non-hydrogen) atoms. The van der Waals surface area contributed by atoms with Crippen molar-refractivity contribution in [2.45, 2.75) is 18.4 Å². The zero-order chi connectivity index (χ0) is 10.5. The maximum absolute atomic E-state index is 6.14. The summed E-state index contributed by atoms with van der Waals surface area (Å²) < 4.78 is 5.19. The van der Waals surface area contributed by atoms with Crippen LogP contribution in [0.25, 0.3) is 10.9 Å². The second kappa shape index (κ2) is 2.76. The summed E-state index contributed by atoms with van der Waals surface area (Å²) in [5.41, 5.74) is 8.32. The van der Waals surface area contributed by atoms with Crippen molar-refractivity contribution in [1.29, 1.82) is 0 Å². The van der Waals surface area contributed by atoms with Crippen LogP contribution in [0.15, 0.2) is 24.3 Å². The third-order valence-electron chi connectivity index (χ3n) is 3.15. The molecular formula is C12H14N2O. The van der Waals surface area contributed by atoms with Crippen LogP contribution in [0.5, 0.6) is 5.75 Å². The predicted octanol–water partition coefficient (Wildman–Crippen LogP) is 2.12. The van der Waals surface area contributed by atoms with Gasteiger partial charge >= 0.3 is 0 Å². The second-order valence-corrected chi connectivity index (χ2v) is 4.29. The van der Waals surface area contributed by atoms with E-state index in [2.05, 4.69) is 11.1 Å². The van der Waals surface area contributed by atoms with Crippen LogP contribution in [0.2, 0.25) is 0 Å². The van der Waals surface area contributed by atoms with E-state index < -0.39 is 0 Å². The lowest BCUT2D eigenvalue weighted by atomic mass is 10.2. The summed E-state index contributed by atoms with van der Waals surface area (Å²) in [5.74, 6) is 0.884. The Kier molecular flexibility index (Phi) is 1.62. The number of rotatable bonds is 2. The molecule has 0 bridgehead atoms. The topological polar surface area (TPSA) is 51.0 Å². The van der Waals surface area contributed by atoms with Crippen LogP contribution in [0.1, 0.15) is 18.5 Å². The number of fused-ring (bicyclic) bond motifs is 1. The Labute approximate surface area is 88.2 Å². The van der Waals surface area contributed by atoms with Crippen LogP contribution >= 0.6 is 0 Å². The zero-order valence-corrected chi connectivity index (χ0v) is 8.71. The van der Waals surface area contributed by atoms with E-state index in [1.807, 2.05) is 18.2 Å². The van der Waals surface area contributed by atoms with Gasteiger partial charge in [0.2, 0.25) is 0 Å². The van der Waals surface area contributed by atoms with E-state index in [-0.39, 0.29) is 5.54 Å². The molecule has 0 atom stereocenters. The Morgan fingerprint density at radius 1 is 1.33 bits per heavy atom. The zero-order valence-electron chi connectivity index (χ0n) is 8.71. The van der Waals surface area contributed by atoms with Gasteiger partial charge in [-0.15, -0.1) is 0 Å². The quantitative estimate of drug-likeness (QED) is 0.783. The molecule has 1 aromatic heterocycles. The minimum Gasteiger partial charge on any atom is -0.497 e. The SMILES string of the molecule is COc1ccc2[nH]c(C3(N)CC3)cc2c1. The molecule has 1 fully saturated rings. The Morgan fingerprint density at radius 2 is 2.13 bits per heavy atom. The van der Waals surface area contributed by atoms with E-state index in [9.17, 15) is 0 Å². The van der Waals surface area contributed by atoms with Crippen molar-refractivity contribution in [2.75, 3.05) is 7.11 Å². The molecule has 0 unspecified atom stereocenters. The maximum atomic E-state index is 6.14. The molecule has 0 amide bonds. The highest BCUT2D eigenvalue weighted by Crippen LogP contribution is 2.43. The highest BCUT2D eigenvalue weighted by molar-refractivity contribution is 5.82. The van der Waals surface area contributed by atoms with Crippen LogP contribution in [-0.2, 0) is 5.54 Å². The van der Waals surface area contributed by atoms with Crippen LogP contribution in [-0.4, -0.2) is 12.1 Å². The molecule has 3 N–H and O–H groups in total. The average molecular weight is 202 g/mol. The maximum Gasteiger partial charge on any atom is 0.119 e. The van der Waals surface area contributed by atoms with Gasteiger partial charge in [-0.05, 0) is 37.1 Å². The molecule has 1 heterocycles. The monoisotopic (exact) mass is 202 g/mol. The second-order valence-electron chi connectivity index (χ2n) is 4.29. The van der Waals surface area contributed by atoms with E-state index in [4.69, 9.17) is 10.5 Å². The normalized spacial score (nSPS) is 18.0. The minimum atomic E-state index is -0.0910. The number of nitrogens with one attached hydrogen (secondary N) is 1. The third-order valence-corrected chi connectivity index (χ3v) is 3.15. The Bertz CT molecular complexity index is 511. The standard InChI is InChI=1S/C12H14N2O/c1-15-9-2-3-10-8(6-9)7-11(14-10)12(13)4-5-12/h2-3,6-7,14H,4-5,13H2,1H3. The van der Waals surface area contributed by atoms with Crippen LogP contribution < -0.4 is 10.5 Å². The van der Waals surface area contributed by atoms with Crippen molar-refractivity contribution in [3.63, 3.8) is 0 Å². The van der Waals surface area contributed by atoms with Crippen LogP contribution in [0.4, 0.5) is 0 Å². The van der Waals surface area contributed by atoms with Gasteiger partial charge in [-0.25, -0.2) is 0 Å². The first-order chi connectivity index (χ1) is 7.21. The van der Waals surface area contributed by atoms with Gasteiger partial charge in [0.05, 0.1) is 12.6 Å². The summed E-state index contributed by atoms with van der Waals surface area (Å²) in [4.78, 5) is 3.37. The molecule has 1 saturated carbocycles. The molecule has 3 heteroatoms. The summed E-state index contributed by atoms with van der Waals surface area (Å²) in [6.45, 7) is 0. The van der Waals surface area contributed by atoms with E-state index in [0.717, 1.165) is 29.8 Å². The number of aromatic amines is 1. The van der Waals surface area contributed by atoms with E-state index in [1.54, 1.807) is 7.11 Å². The van der Waals surface area contributed by atoms with Gasteiger partial charge in [-0.1, -0.05) is 0 Å². The first-order valence-electron chi connectivity index (χ1n) is 5.17. The summed E-state index contributed by atoms with van der Waals surface area (Å²) >= 11 is 0. The molecule has 0 saturated heterocycles. The first kappa shape index (κ1) is 8.80. The van der Waals surface area contributed by atoms with Crippen molar-refractivity contribution in [3.05, 3.63) is 30.0 Å². The Morgan fingerprint density at radius 3 is 2.80 bits per heavy atom. The van der Waals surface area contributed by atoms with E-state index in [1.165, 1.54) is 5.39 Å². The van der Waals surface area contributed by atoms with Gasteiger partial charge in [0.1, 0.15) is 5.75 Å². The van der Waals surface area contributed by atoms with Crippen molar-refractivity contribution >= 4 is 10.9 Å². The van der Waals surface area contributed by atoms with Crippen LogP contribution in [0.3, 0.4) is 0 Å². The van der Waals surface area contributed by atoms with Crippen molar-refractivity contribution in [3.8, 4) is 5.75 Å². The minimum absolute atomic E-state index is 0.0910.